The summed E-state index contributed by atoms with van der Waals surface area (Å²) in [6.07, 6.45) is -0.208. The smallest absolute Gasteiger partial charge is 0.269 e. The highest BCUT2D eigenvalue weighted by atomic mass is 16.6. The van der Waals surface area contributed by atoms with E-state index in [4.69, 9.17) is 0 Å². The number of benzene rings is 3. The van der Waals surface area contributed by atoms with Crippen LogP contribution in [-0.2, 0) is 0 Å². The molecule has 0 aromatic heterocycles. The molecule has 1 aliphatic carbocycles. The molecule has 8 nitrogen and oxygen atoms in total. The molecule has 0 saturated carbocycles. The minimum absolute atomic E-state index is 0.0918. The number of nitro benzene ring substituents is 1. The number of carbonyl (C=O) groups is 1. The zero-order chi connectivity index (χ0) is 22.0. The molecule has 0 heterocycles. The highest BCUT2D eigenvalue weighted by Crippen LogP contribution is 2.36. The molecule has 2 atom stereocenters. The fourth-order valence-electron chi connectivity index (χ4n) is 3.44. The van der Waals surface area contributed by atoms with E-state index in [1.54, 1.807) is 54.6 Å². The van der Waals surface area contributed by atoms with E-state index in [1.165, 1.54) is 24.3 Å². The minimum Gasteiger partial charge on any atom is -0.384 e. The summed E-state index contributed by atoms with van der Waals surface area (Å²) in [5.74, 6) is -0.409. The van der Waals surface area contributed by atoms with Gasteiger partial charge in [-0.1, -0.05) is 30.3 Å². The Hall–Kier alpha value is -4.01. The van der Waals surface area contributed by atoms with Gasteiger partial charge in [0.05, 0.1) is 11.0 Å². The fraction of sp³-hybridized carbons (Fsp3) is 0.0870. The van der Waals surface area contributed by atoms with Crippen molar-refractivity contribution in [3.8, 4) is 0 Å². The van der Waals surface area contributed by atoms with Crippen molar-refractivity contribution in [2.24, 2.45) is 0 Å². The Morgan fingerprint density at radius 1 is 0.903 bits per heavy atom. The Morgan fingerprint density at radius 3 is 2.29 bits per heavy atom. The first-order chi connectivity index (χ1) is 14.9. The molecule has 1 aliphatic rings. The van der Waals surface area contributed by atoms with Gasteiger partial charge >= 0.3 is 0 Å². The van der Waals surface area contributed by atoms with Crippen molar-refractivity contribution < 1.29 is 19.9 Å². The van der Waals surface area contributed by atoms with Crippen molar-refractivity contribution in [1.29, 1.82) is 0 Å². The molecule has 0 bridgehead atoms. The summed E-state index contributed by atoms with van der Waals surface area (Å²) < 4.78 is 0. The molecule has 4 rings (SSSR count). The van der Waals surface area contributed by atoms with E-state index in [-0.39, 0.29) is 11.3 Å². The summed E-state index contributed by atoms with van der Waals surface area (Å²) in [5, 5.41) is 37.6. The van der Waals surface area contributed by atoms with Gasteiger partial charge in [0, 0.05) is 34.8 Å². The second kappa shape index (κ2) is 8.39. The zero-order valence-corrected chi connectivity index (χ0v) is 16.2. The first kappa shape index (κ1) is 20.3. The molecule has 0 aliphatic heterocycles. The lowest BCUT2D eigenvalue weighted by Gasteiger charge is -2.27. The maximum absolute atomic E-state index is 12.4. The lowest BCUT2D eigenvalue weighted by Crippen LogP contribution is -2.19. The number of aliphatic hydroxyl groups is 2. The SMILES string of the molecule is O=C(Nc1cccc(NC2=CC(O)c3ccccc3C2O)c1)c1ccc([N+](=O)[O-])cc1. The molecule has 2 unspecified atom stereocenters. The number of hydrogen-bond donors (Lipinski definition) is 4. The van der Waals surface area contributed by atoms with Crippen molar-refractivity contribution in [3.05, 3.63) is 111 Å². The zero-order valence-electron chi connectivity index (χ0n) is 16.2. The van der Waals surface area contributed by atoms with Crippen LogP contribution in [0.4, 0.5) is 17.1 Å². The van der Waals surface area contributed by atoms with Crippen LogP contribution in [0.15, 0.2) is 84.6 Å². The standard InChI is InChI=1S/C23H19N3O5/c27-21-13-20(22(28)19-7-2-1-6-18(19)21)24-15-4-3-5-16(12-15)25-23(29)14-8-10-17(11-9-14)26(30)31/h1-13,21-22,24,27-28H,(H,25,29). The summed E-state index contributed by atoms with van der Waals surface area (Å²) >= 11 is 0. The topological polar surface area (TPSA) is 125 Å². The molecule has 3 aromatic carbocycles. The lowest BCUT2D eigenvalue weighted by atomic mass is 9.90. The van der Waals surface area contributed by atoms with Gasteiger partial charge in [0.1, 0.15) is 6.10 Å². The molecule has 31 heavy (non-hydrogen) atoms. The Labute approximate surface area is 177 Å². The number of aliphatic hydroxyl groups excluding tert-OH is 2. The highest BCUT2D eigenvalue weighted by Gasteiger charge is 2.25. The van der Waals surface area contributed by atoms with Crippen molar-refractivity contribution >= 4 is 23.0 Å². The number of nitrogens with one attached hydrogen (secondary N) is 2. The summed E-state index contributed by atoms with van der Waals surface area (Å²) in [4.78, 5) is 22.7. The van der Waals surface area contributed by atoms with Crippen LogP contribution in [0, 0.1) is 10.1 Å². The molecule has 4 N–H and O–H groups in total. The summed E-state index contributed by atoms with van der Waals surface area (Å²) in [6.45, 7) is 0. The van der Waals surface area contributed by atoms with Gasteiger partial charge in [-0.15, -0.1) is 0 Å². The summed E-state index contributed by atoms with van der Waals surface area (Å²) in [7, 11) is 0. The predicted octanol–water partition coefficient (Wildman–Crippen LogP) is 3.92. The number of amides is 1. The van der Waals surface area contributed by atoms with Gasteiger partial charge in [-0.3, -0.25) is 14.9 Å². The Bertz CT molecular complexity index is 1170. The van der Waals surface area contributed by atoms with E-state index >= 15 is 0 Å². The number of hydrogen-bond acceptors (Lipinski definition) is 6. The summed E-state index contributed by atoms with van der Waals surface area (Å²) in [6, 6.07) is 19.3. The summed E-state index contributed by atoms with van der Waals surface area (Å²) in [5.41, 5.74) is 3.02. The van der Waals surface area contributed by atoms with E-state index in [2.05, 4.69) is 10.6 Å². The first-order valence-electron chi connectivity index (χ1n) is 9.52. The third-order valence-corrected chi connectivity index (χ3v) is 4.99. The average Bonchev–Trinajstić information content (AvgIpc) is 2.77. The fourth-order valence-corrected chi connectivity index (χ4v) is 3.44. The van der Waals surface area contributed by atoms with Crippen LogP contribution >= 0.6 is 0 Å². The number of nitrogens with zero attached hydrogens (tertiary/aromatic N) is 1. The predicted molar refractivity (Wildman–Crippen MR) is 116 cm³/mol. The number of non-ortho nitro benzene ring substituents is 1. The van der Waals surface area contributed by atoms with E-state index < -0.39 is 23.0 Å². The Balaban J connectivity index is 1.49. The van der Waals surface area contributed by atoms with Crippen molar-refractivity contribution in [3.63, 3.8) is 0 Å². The third-order valence-electron chi connectivity index (χ3n) is 4.99. The van der Waals surface area contributed by atoms with E-state index in [0.29, 0.717) is 28.2 Å². The average molecular weight is 417 g/mol. The van der Waals surface area contributed by atoms with Crippen LogP contribution in [0.3, 0.4) is 0 Å². The molecular weight excluding hydrogens is 398 g/mol. The highest BCUT2D eigenvalue weighted by molar-refractivity contribution is 6.04. The molecule has 0 spiro atoms. The Kier molecular flexibility index (Phi) is 5.48. The maximum Gasteiger partial charge on any atom is 0.269 e. The van der Waals surface area contributed by atoms with Gasteiger partial charge in [0.15, 0.2) is 0 Å². The molecular formula is C23H19N3O5. The van der Waals surface area contributed by atoms with E-state index in [9.17, 15) is 25.1 Å². The molecule has 3 aromatic rings. The van der Waals surface area contributed by atoms with Crippen LogP contribution in [-0.4, -0.2) is 21.0 Å². The number of carbonyl (C=O) groups excluding carboxylic acids is 1. The van der Waals surface area contributed by atoms with E-state index in [0.717, 1.165) is 0 Å². The van der Waals surface area contributed by atoms with Gasteiger partial charge in [-0.25, -0.2) is 0 Å². The minimum atomic E-state index is -0.919. The van der Waals surface area contributed by atoms with Gasteiger partial charge in [-0.05, 0) is 47.5 Å². The normalized spacial score (nSPS) is 17.3. The second-order valence-corrected chi connectivity index (χ2v) is 7.06. The first-order valence-corrected chi connectivity index (χ1v) is 9.52. The Morgan fingerprint density at radius 2 is 1.58 bits per heavy atom. The second-order valence-electron chi connectivity index (χ2n) is 7.06. The van der Waals surface area contributed by atoms with Crippen LogP contribution in [0.1, 0.15) is 33.7 Å². The number of rotatable bonds is 5. The van der Waals surface area contributed by atoms with E-state index in [1.807, 2.05) is 0 Å². The molecule has 8 heteroatoms. The van der Waals surface area contributed by atoms with Gasteiger partial charge in [-0.2, -0.15) is 0 Å². The van der Waals surface area contributed by atoms with Crippen LogP contribution in [0.2, 0.25) is 0 Å². The number of fused-ring (bicyclic) bond motifs is 1. The van der Waals surface area contributed by atoms with Gasteiger partial charge < -0.3 is 20.8 Å². The molecule has 0 fully saturated rings. The monoisotopic (exact) mass is 417 g/mol. The van der Waals surface area contributed by atoms with Crippen LogP contribution in [0.25, 0.3) is 0 Å². The van der Waals surface area contributed by atoms with Crippen molar-refractivity contribution in [1.82, 2.24) is 0 Å². The molecule has 0 radical (unpaired) electrons. The number of anilines is 2. The lowest BCUT2D eigenvalue weighted by molar-refractivity contribution is -0.384. The third kappa shape index (κ3) is 4.30. The van der Waals surface area contributed by atoms with Crippen molar-refractivity contribution in [2.75, 3.05) is 10.6 Å². The van der Waals surface area contributed by atoms with Crippen LogP contribution in [0.5, 0.6) is 0 Å². The quantitative estimate of drug-likeness (QED) is 0.368. The molecule has 1 amide bonds. The molecule has 0 saturated heterocycles. The maximum atomic E-state index is 12.4. The van der Waals surface area contributed by atoms with Gasteiger partial charge in [0.2, 0.25) is 0 Å². The molecule has 156 valence electrons. The number of nitro groups is 1. The van der Waals surface area contributed by atoms with Crippen molar-refractivity contribution in [2.45, 2.75) is 12.2 Å². The van der Waals surface area contributed by atoms with Crippen LogP contribution < -0.4 is 10.6 Å². The largest absolute Gasteiger partial charge is 0.384 e. The van der Waals surface area contributed by atoms with Gasteiger partial charge in [0.25, 0.3) is 11.6 Å².